The van der Waals surface area contributed by atoms with Crippen molar-refractivity contribution >= 4 is 23.4 Å². The first-order valence-corrected chi connectivity index (χ1v) is 8.96. The maximum atomic E-state index is 12.4. The van der Waals surface area contributed by atoms with Crippen LogP contribution in [-0.4, -0.2) is 54.8 Å². The van der Waals surface area contributed by atoms with E-state index in [1.165, 1.54) is 11.8 Å². The minimum Gasteiger partial charge on any atom is -0.495 e. The summed E-state index contributed by atoms with van der Waals surface area (Å²) in [6.45, 7) is 3.11. The predicted octanol–water partition coefficient (Wildman–Crippen LogP) is 2.53. The lowest BCUT2D eigenvalue weighted by molar-refractivity contribution is -0.128. The number of pyridine rings is 1. The molecule has 0 saturated carbocycles. The molecule has 3 rings (SSSR count). The standard InChI is InChI=1S/C18H21N3O2S/c1-23-16-7-3-2-6-15(16)20-10-12-21(13-11-20)18(22)14-24-17-8-4-5-9-19-17/h2-9H,10-14H2,1H3. The molecule has 2 aromatic rings. The van der Waals surface area contributed by atoms with Gasteiger partial charge < -0.3 is 14.5 Å². The van der Waals surface area contributed by atoms with E-state index < -0.39 is 0 Å². The Kier molecular flexibility index (Phi) is 5.59. The van der Waals surface area contributed by atoms with E-state index in [2.05, 4.69) is 16.0 Å². The van der Waals surface area contributed by atoms with Crippen LogP contribution in [0.25, 0.3) is 0 Å². The highest BCUT2D eigenvalue weighted by Gasteiger charge is 2.22. The van der Waals surface area contributed by atoms with Crippen molar-refractivity contribution in [2.24, 2.45) is 0 Å². The number of anilines is 1. The molecular weight excluding hydrogens is 322 g/mol. The van der Waals surface area contributed by atoms with E-state index in [0.717, 1.165) is 42.6 Å². The van der Waals surface area contributed by atoms with Gasteiger partial charge in [0.25, 0.3) is 0 Å². The zero-order chi connectivity index (χ0) is 16.8. The highest BCUT2D eigenvalue weighted by atomic mass is 32.2. The van der Waals surface area contributed by atoms with Gasteiger partial charge in [0.1, 0.15) is 5.75 Å². The Labute approximate surface area is 146 Å². The number of thioether (sulfide) groups is 1. The van der Waals surface area contributed by atoms with E-state index in [1.54, 1.807) is 13.3 Å². The third-order valence-corrected chi connectivity index (χ3v) is 4.97. The van der Waals surface area contributed by atoms with Gasteiger partial charge in [-0.15, -0.1) is 0 Å². The molecule has 0 unspecified atom stereocenters. The highest BCUT2D eigenvalue weighted by molar-refractivity contribution is 7.99. The Bertz CT molecular complexity index is 673. The Morgan fingerprint density at radius 2 is 1.88 bits per heavy atom. The molecule has 1 aliphatic heterocycles. The van der Waals surface area contributed by atoms with Crippen LogP contribution in [0.5, 0.6) is 5.75 Å². The maximum Gasteiger partial charge on any atom is 0.233 e. The lowest BCUT2D eigenvalue weighted by atomic mass is 10.2. The second kappa shape index (κ2) is 8.06. The summed E-state index contributed by atoms with van der Waals surface area (Å²) < 4.78 is 5.43. The first kappa shape index (κ1) is 16.6. The molecule has 6 heteroatoms. The second-order valence-electron chi connectivity index (χ2n) is 5.50. The Morgan fingerprint density at radius 3 is 2.58 bits per heavy atom. The van der Waals surface area contributed by atoms with Gasteiger partial charge in [0, 0.05) is 32.4 Å². The van der Waals surface area contributed by atoms with E-state index in [4.69, 9.17) is 4.74 Å². The third kappa shape index (κ3) is 4.00. The molecule has 0 radical (unpaired) electrons. The summed E-state index contributed by atoms with van der Waals surface area (Å²) in [7, 11) is 1.69. The number of carbonyl (C=O) groups is 1. The molecule has 1 saturated heterocycles. The van der Waals surface area contributed by atoms with Crippen molar-refractivity contribution in [3.63, 3.8) is 0 Å². The Balaban J connectivity index is 1.52. The average molecular weight is 343 g/mol. The number of methoxy groups -OCH3 is 1. The van der Waals surface area contributed by atoms with Crippen LogP contribution < -0.4 is 9.64 Å². The van der Waals surface area contributed by atoms with Crippen LogP contribution in [0.15, 0.2) is 53.7 Å². The minimum atomic E-state index is 0.172. The third-order valence-electron chi connectivity index (χ3n) is 4.04. The van der Waals surface area contributed by atoms with Crippen LogP contribution in [0.2, 0.25) is 0 Å². The maximum absolute atomic E-state index is 12.4. The topological polar surface area (TPSA) is 45.7 Å². The quantitative estimate of drug-likeness (QED) is 0.781. The fraction of sp³-hybridized carbons (Fsp3) is 0.333. The molecule has 1 fully saturated rings. The Hall–Kier alpha value is -2.21. The number of para-hydroxylation sites is 2. The lowest BCUT2D eigenvalue weighted by Crippen LogP contribution is -2.49. The molecule has 1 aromatic heterocycles. The average Bonchev–Trinajstić information content (AvgIpc) is 2.67. The van der Waals surface area contributed by atoms with Crippen LogP contribution in [0.4, 0.5) is 5.69 Å². The molecule has 126 valence electrons. The summed E-state index contributed by atoms with van der Waals surface area (Å²) in [5.41, 5.74) is 1.09. The molecular formula is C18H21N3O2S. The van der Waals surface area contributed by atoms with Crippen molar-refractivity contribution in [1.82, 2.24) is 9.88 Å². The lowest BCUT2D eigenvalue weighted by Gasteiger charge is -2.36. The van der Waals surface area contributed by atoms with Gasteiger partial charge in [-0.2, -0.15) is 0 Å². The number of carbonyl (C=O) groups excluding carboxylic acids is 1. The van der Waals surface area contributed by atoms with E-state index in [-0.39, 0.29) is 5.91 Å². The van der Waals surface area contributed by atoms with Gasteiger partial charge in [0.15, 0.2) is 0 Å². The molecule has 1 amide bonds. The highest BCUT2D eigenvalue weighted by Crippen LogP contribution is 2.28. The smallest absolute Gasteiger partial charge is 0.233 e. The summed E-state index contributed by atoms with van der Waals surface area (Å²) in [6, 6.07) is 13.8. The first-order valence-electron chi connectivity index (χ1n) is 7.97. The summed E-state index contributed by atoms with van der Waals surface area (Å²) >= 11 is 1.49. The van der Waals surface area contributed by atoms with Gasteiger partial charge in [-0.1, -0.05) is 30.0 Å². The zero-order valence-corrected chi connectivity index (χ0v) is 14.5. The molecule has 0 spiro atoms. The van der Waals surface area contributed by atoms with E-state index in [9.17, 15) is 4.79 Å². The first-order chi connectivity index (χ1) is 11.8. The van der Waals surface area contributed by atoms with Gasteiger partial charge in [-0.05, 0) is 24.3 Å². The molecule has 5 nitrogen and oxygen atoms in total. The fourth-order valence-corrected chi connectivity index (χ4v) is 3.51. The fourth-order valence-electron chi connectivity index (χ4n) is 2.75. The number of piperazine rings is 1. The van der Waals surface area contributed by atoms with Crippen molar-refractivity contribution in [2.45, 2.75) is 5.03 Å². The van der Waals surface area contributed by atoms with E-state index in [1.807, 2.05) is 41.3 Å². The minimum absolute atomic E-state index is 0.172. The van der Waals surface area contributed by atoms with Crippen molar-refractivity contribution in [3.8, 4) is 5.75 Å². The van der Waals surface area contributed by atoms with Crippen LogP contribution >= 0.6 is 11.8 Å². The molecule has 0 bridgehead atoms. The Morgan fingerprint density at radius 1 is 1.12 bits per heavy atom. The van der Waals surface area contributed by atoms with Crippen molar-refractivity contribution in [3.05, 3.63) is 48.7 Å². The predicted molar refractivity (Wildman–Crippen MR) is 96.7 cm³/mol. The second-order valence-corrected chi connectivity index (χ2v) is 6.49. The van der Waals surface area contributed by atoms with Gasteiger partial charge in [0.05, 0.1) is 23.6 Å². The number of rotatable bonds is 5. The monoisotopic (exact) mass is 343 g/mol. The molecule has 24 heavy (non-hydrogen) atoms. The molecule has 2 heterocycles. The summed E-state index contributed by atoms with van der Waals surface area (Å²) in [5, 5.41) is 0.888. The van der Waals surface area contributed by atoms with Crippen LogP contribution in [-0.2, 0) is 4.79 Å². The van der Waals surface area contributed by atoms with Gasteiger partial charge in [-0.25, -0.2) is 4.98 Å². The number of aromatic nitrogens is 1. The molecule has 1 aromatic carbocycles. The SMILES string of the molecule is COc1ccccc1N1CCN(C(=O)CSc2ccccn2)CC1. The number of hydrogen-bond donors (Lipinski definition) is 0. The number of benzene rings is 1. The van der Waals surface area contributed by atoms with Crippen LogP contribution in [0, 0.1) is 0 Å². The largest absolute Gasteiger partial charge is 0.495 e. The number of hydrogen-bond acceptors (Lipinski definition) is 5. The van der Waals surface area contributed by atoms with Crippen LogP contribution in [0.3, 0.4) is 0 Å². The van der Waals surface area contributed by atoms with E-state index in [0.29, 0.717) is 5.75 Å². The molecule has 1 aliphatic rings. The van der Waals surface area contributed by atoms with Crippen molar-refractivity contribution in [1.29, 1.82) is 0 Å². The summed E-state index contributed by atoms with van der Waals surface area (Å²) in [6.07, 6.45) is 1.75. The zero-order valence-electron chi connectivity index (χ0n) is 13.7. The van der Waals surface area contributed by atoms with Gasteiger partial charge >= 0.3 is 0 Å². The number of nitrogens with zero attached hydrogens (tertiary/aromatic N) is 3. The van der Waals surface area contributed by atoms with Gasteiger partial charge in [-0.3, -0.25) is 4.79 Å². The molecule has 0 atom stereocenters. The molecule has 0 N–H and O–H groups in total. The van der Waals surface area contributed by atoms with Gasteiger partial charge in [0.2, 0.25) is 5.91 Å². The summed E-state index contributed by atoms with van der Waals surface area (Å²) in [5.74, 6) is 1.49. The summed E-state index contributed by atoms with van der Waals surface area (Å²) in [4.78, 5) is 20.8. The normalized spacial score (nSPS) is 14.5. The number of ether oxygens (including phenoxy) is 1. The van der Waals surface area contributed by atoms with E-state index >= 15 is 0 Å². The van der Waals surface area contributed by atoms with Crippen molar-refractivity contribution < 1.29 is 9.53 Å². The molecule has 0 aliphatic carbocycles. The number of amides is 1. The van der Waals surface area contributed by atoms with Crippen LogP contribution in [0.1, 0.15) is 0 Å². The van der Waals surface area contributed by atoms with Crippen molar-refractivity contribution in [2.75, 3.05) is 43.9 Å².